The molecular weight excluding hydrogens is 244 g/mol. The summed E-state index contributed by atoms with van der Waals surface area (Å²) >= 11 is 0. The molecule has 20 heavy (non-hydrogen) atoms. The highest BCUT2D eigenvalue weighted by atomic mass is 15.2. The smallest absolute Gasteiger partial charge is 0.0500 e. The Hall–Kier alpha value is -1.64. The van der Waals surface area contributed by atoms with E-state index in [0.717, 1.165) is 19.5 Å². The van der Waals surface area contributed by atoms with Gasteiger partial charge in [-0.3, -0.25) is 4.90 Å². The molecule has 0 bridgehead atoms. The van der Waals surface area contributed by atoms with Crippen molar-refractivity contribution in [3.05, 3.63) is 71.3 Å². The molecule has 2 unspecified atom stereocenters. The Kier molecular flexibility index (Phi) is 3.86. The molecule has 1 aliphatic rings. The van der Waals surface area contributed by atoms with Gasteiger partial charge < -0.3 is 5.73 Å². The van der Waals surface area contributed by atoms with Crippen LogP contribution in [0.15, 0.2) is 54.6 Å². The first-order valence-corrected chi connectivity index (χ1v) is 7.37. The van der Waals surface area contributed by atoms with Crippen molar-refractivity contribution in [3.63, 3.8) is 0 Å². The molecule has 104 valence electrons. The second-order valence-corrected chi connectivity index (χ2v) is 5.70. The summed E-state index contributed by atoms with van der Waals surface area (Å²) in [6, 6.07) is 19.8. The van der Waals surface area contributed by atoms with Crippen molar-refractivity contribution in [2.45, 2.75) is 32.0 Å². The van der Waals surface area contributed by atoms with E-state index in [9.17, 15) is 0 Å². The number of fused-ring (bicyclic) bond motifs is 1. The highest BCUT2D eigenvalue weighted by Gasteiger charge is 2.27. The zero-order chi connectivity index (χ0) is 13.9. The van der Waals surface area contributed by atoms with Crippen LogP contribution in [0.3, 0.4) is 0 Å². The van der Waals surface area contributed by atoms with Crippen LogP contribution in [0, 0.1) is 0 Å². The van der Waals surface area contributed by atoms with Crippen molar-refractivity contribution in [2.24, 2.45) is 5.73 Å². The average Bonchev–Trinajstić information content (AvgIpc) is 2.48. The van der Waals surface area contributed by atoms with Gasteiger partial charge in [0.1, 0.15) is 0 Å². The summed E-state index contributed by atoms with van der Waals surface area (Å²) < 4.78 is 0. The first-order valence-electron chi connectivity index (χ1n) is 7.37. The predicted octanol–water partition coefficient (Wildman–Crippen LogP) is 3.13. The van der Waals surface area contributed by atoms with Gasteiger partial charge in [-0.25, -0.2) is 0 Å². The standard InChI is InChI=1S/C18H22N2/c1-14(19)18(16-8-3-2-4-9-16)20-12-11-15-7-5-6-10-17(15)13-20/h2-10,14,18H,11-13,19H2,1H3. The predicted molar refractivity (Wildman–Crippen MR) is 83.4 cm³/mol. The van der Waals surface area contributed by atoms with Crippen LogP contribution in [-0.4, -0.2) is 17.5 Å². The van der Waals surface area contributed by atoms with Crippen molar-refractivity contribution in [3.8, 4) is 0 Å². The van der Waals surface area contributed by atoms with Crippen LogP contribution in [0.2, 0.25) is 0 Å². The van der Waals surface area contributed by atoms with Gasteiger partial charge in [0.05, 0.1) is 0 Å². The van der Waals surface area contributed by atoms with Gasteiger partial charge in [-0.05, 0) is 30.0 Å². The number of benzene rings is 2. The van der Waals surface area contributed by atoms with E-state index in [1.807, 2.05) is 0 Å². The zero-order valence-electron chi connectivity index (χ0n) is 12.0. The van der Waals surface area contributed by atoms with Gasteiger partial charge in [-0.1, -0.05) is 54.6 Å². The summed E-state index contributed by atoms with van der Waals surface area (Å²) in [6.07, 6.45) is 1.12. The quantitative estimate of drug-likeness (QED) is 0.925. The minimum atomic E-state index is 0.127. The summed E-state index contributed by atoms with van der Waals surface area (Å²) in [5.74, 6) is 0. The molecular formula is C18H22N2. The van der Waals surface area contributed by atoms with Gasteiger partial charge >= 0.3 is 0 Å². The Bertz CT molecular complexity index is 563. The fourth-order valence-electron chi connectivity index (χ4n) is 3.25. The van der Waals surface area contributed by atoms with Crippen molar-refractivity contribution in [1.82, 2.24) is 4.90 Å². The molecule has 0 radical (unpaired) electrons. The lowest BCUT2D eigenvalue weighted by Gasteiger charge is -2.38. The summed E-state index contributed by atoms with van der Waals surface area (Å²) in [7, 11) is 0. The minimum absolute atomic E-state index is 0.127. The highest BCUT2D eigenvalue weighted by molar-refractivity contribution is 5.30. The Morgan fingerprint density at radius 1 is 0.950 bits per heavy atom. The average molecular weight is 266 g/mol. The van der Waals surface area contributed by atoms with E-state index in [1.165, 1.54) is 16.7 Å². The molecule has 0 aliphatic carbocycles. The van der Waals surface area contributed by atoms with Crippen molar-refractivity contribution in [1.29, 1.82) is 0 Å². The molecule has 2 nitrogen and oxygen atoms in total. The Morgan fingerprint density at radius 2 is 1.60 bits per heavy atom. The molecule has 2 atom stereocenters. The molecule has 0 saturated heterocycles. The molecule has 0 saturated carbocycles. The van der Waals surface area contributed by atoms with E-state index in [4.69, 9.17) is 5.73 Å². The number of rotatable bonds is 3. The van der Waals surface area contributed by atoms with Gasteiger partial charge in [0, 0.05) is 25.2 Å². The van der Waals surface area contributed by atoms with Gasteiger partial charge in [0.15, 0.2) is 0 Å². The van der Waals surface area contributed by atoms with E-state index in [1.54, 1.807) is 0 Å². The van der Waals surface area contributed by atoms with E-state index in [0.29, 0.717) is 6.04 Å². The molecule has 0 aromatic heterocycles. The third-order valence-corrected chi connectivity index (χ3v) is 4.19. The Balaban J connectivity index is 1.87. The van der Waals surface area contributed by atoms with Gasteiger partial charge in [0.25, 0.3) is 0 Å². The molecule has 0 spiro atoms. The molecule has 2 heteroatoms. The molecule has 1 aliphatic heterocycles. The van der Waals surface area contributed by atoms with Gasteiger partial charge in [0.2, 0.25) is 0 Å². The van der Waals surface area contributed by atoms with Crippen LogP contribution in [0.1, 0.15) is 29.7 Å². The number of hydrogen-bond acceptors (Lipinski definition) is 2. The van der Waals surface area contributed by atoms with Crippen molar-refractivity contribution >= 4 is 0 Å². The number of nitrogens with zero attached hydrogens (tertiary/aromatic N) is 1. The van der Waals surface area contributed by atoms with E-state index in [2.05, 4.69) is 66.4 Å². The third-order valence-electron chi connectivity index (χ3n) is 4.19. The Morgan fingerprint density at radius 3 is 2.30 bits per heavy atom. The highest BCUT2D eigenvalue weighted by Crippen LogP contribution is 2.29. The van der Waals surface area contributed by atoms with Crippen LogP contribution in [0.4, 0.5) is 0 Å². The maximum atomic E-state index is 6.28. The lowest BCUT2D eigenvalue weighted by molar-refractivity contribution is 0.159. The molecule has 2 N–H and O–H groups in total. The lowest BCUT2D eigenvalue weighted by atomic mass is 9.93. The SMILES string of the molecule is CC(N)C(c1ccccc1)N1CCc2ccccc2C1. The van der Waals surface area contributed by atoms with Crippen LogP contribution in [-0.2, 0) is 13.0 Å². The van der Waals surface area contributed by atoms with Crippen LogP contribution >= 0.6 is 0 Å². The van der Waals surface area contributed by atoms with Crippen LogP contribution in [0.5, 0.6) is 0 Å². The number of nitrogens with two attached hydrogens (primary N) is 1. The van der Waals surface area contributed by atoms with Crippen LogP contribution in [0.25, 0.3) is 0 Å². The molecule has 2 aromatic rings. The van der Waals surface area contributed by atoms with Crippen LogP contribution < -0.4 is 5.73 Å². The molecule has 0 fully saturated rings. The molecule has 2 aromatic carbocycles. The third kappa shape index (κ3) is 2.62. The fourth-order valence-corrected chi connectivity index (χ4v) is 3.25. The zero-order valence-corrected chi connectivity index (χ0v) is 12.0. The lowest BCUT2D eigenvalue weighted by Crippen LogP contribution is -2.42. The minimum Gasteiger partial charge on any atom is -0.326 e. The normalized spacial score (nSPS) is 18.3. The fraction of sp³-hybridized carbons (Fsp3) is 0.333. The second kappa shape index (κ2) is 5.78. The first kappa shape index (κ1) is 13.3. The van der Waals surface area contributed by atoms with E-state index < -0.39 is 0 Å². The second-order valence-electron chi connectivity index (χ2n) is 5.70. The Labute approximate surface area is 121 Å². The summed E-state index contributed by atoms with van der Waals surface area (Å²) in [5, 5.41) is 0. The summed E-state index contributed by atoms with van der Waals surface area (Å²) in [5.41, 5.74) is 10.5. The first-order chi connectivity index (χ1) is 9.75. The largest absolute Gasteiger partial charge is 0.326 e. The van der Waals surface area contributed by atoms with Crippen molar-refractivity contribution < 1.29 is 0 Å². The monoisotopic (exact) mass is 266 g/mol. The van der Waals surface area contributed by atoms with Crippen molar-refractivity contribution in [2.75, 3.05) is 6.54 Å². The molecule has 0 amide bonds. The van der Waals surface area contributed by atoms with E-state index >= 15 is 0 Å². The molecule has 1 heterocycles. The van der Waals surface area contributed by atoms with Gasteiger partial charge in [-0.15, -0.1) is 0 Å². The maximum Gasteiger partial charge on any atom is 0.0500 e. The summed E-state index contributed by atoms with van der Waals surface area (Å²) in [6.45, 7) is 4.19. The maximum absolute atomic E-state index is 6.28. The topological polar surface area (TPSA) is 29.3 Å². The van der Waals surface area contributed by atoms with Gasteiger partial charge in [-0.2, -0.15) is 0 Å². The number of hydrogen-bond donors (Lipinski definition) is 1. The summed E-state index contributed by atoms with van der Waals surface area (Å²) in [4.78, 5) is 2.52. The van der Waals surface area contributed by atoms with E-state index in [-0.39, 0.29) is 6.04 Å². The molecule has 3 rings (SSSR count).